The van der Waals surface area contributed by atoms with E-state index in [0.29, 0.717) is 114 Å². The van der Waals surface area contributed by atoms with Crippen LogP contribution in [0.5, 0.6) is 17.2 Å². The molecule has 566 valence electrons. The van der Waals surface area contributed by atoms with Gasteiger partial charge in [-0.2, -0.15) is 5.26 Å². The lowest BCUT2D eigenvalue weighted by atomic mass is 9.77. The molecule has 2 aliphatic heterocycles. The summed E-state index contributed by atoms with van der Waals surface area (Å²) in [4.78, 5) is 102. The Labute approximate surface area is 605 Å². The van der Waals surface area contributed by atoms with Crippen molar-refractivity contribution in [2.24, 2.45) is 5.41 Å². The zero-order valence-electron chi connectivity index (χ0n) is 62.2. The van der Waals surface area contributed by atoms with E-state index in [1.165, 1.54) is 20.8 Å². The quantitative estimate of drug-likeness (QED) is 0.0174. The van der Waals surface area contributed by atoms with Crippen LogP contribution >= 0.6 is 8.53 Å². The lowest BCUT2D eigenvalue weighted by Crippen LogP contribution is -2.66. The van der Waals surface area contributed by atoms with E-state index in [4.69, 9.17) is 51.7 Å². The molecule has 0 spiro atoms. The average molecular weight is 1440 g/mol. The Morgan fingerprint density at radius 1 is 0.598 bits per heavy atom. The molecule has 2 aliphatic rings. The van der Waals surface area contributed by atoms with Gasteiger partial charge in [-0.15, -0.1) is 0 Å². The molecule has 0 saturated carbocycles. The molecule has 6 atom stereocenters. The number of carbonyl (C=O) groups excluding carboxylic acids is 8. The van der Waals surface area contributed by atoms with Crippen LogP contribution in [0.15, 0.2) is 72.8 Å². The van der Waals surface area contributed by atoms with Crippen LogP contribution < -0.4 is 24.8 Å². The fourth-order valence-electron chi connectivity index (χ4n) is 12.9. The van der Waals surface area contributed by atoms with Crippen LogP contribution in [0.4, 0.5) is 0 Å². The number of likely N-dealkylation sites (tertiary alicyclic amines) is 1. The van der Waals surface area contributed by atoms with E-state index in [2.05, 4.69) is 49.1 Å². The van der Waals surface area contributed by atoms with Crippen molar-refractivity contribution in [3.63, 3.8) is 0 Å². The normalized spacial score (nSPS) is 17.7. The number of esters is 3. The predicted molar refractivity (Wildman–Crippen MR) is 385 cm³/mol. The number of benzene rings is 3. The molecular weight excluding hydrogens is 1330 g/mol. The highest BCUT2D eigenvalue weighted by Crippen LogP contribution is 2.50. The van der Waals surface area contributed by atoms with Gasteiger partial charge < -0.3 is 67.2 Å². The Morgan fingerprint density at radius 2 is 1.07 bits per heavy atom. The number of carbonyl (C=O) groups is 8. The topological polar surface area (TPSA) is 292 Å². The Kier molecular flexibility index (Phi) is 38.5. The van der Waals surface area contributed by atoms with Crippen molar-refractivity contribution in [3.05, 3.63) is 89.5 Å². The van der Waals surface area contributed by atoms with E-state index in [-0.39, 0.29) is 68.3 Å². The standard InChI is InChI=1S/C77H114N5O19P/c1-55(2)82(56(3)4)102(97-51-25-46-78)98-54-76(53-96-77(61-32-38-66(91-9)39-33-61,62-34-40-67(92-10)41-35-62)63-36-42-68(93-11)43-37-63)44-48-81(49-45-76)71(90)31-21-15-13-18-26-64(87)28-19-16-23-47-79-70(89)30-20-14-12-17-27-65(88)29-22-24-50-94-75-72(80-57(5)83)74(100-60(8)86)73(99-59(7)85)69(101-75)52-95-58(6)84/h32-43,55-56,69,72-75H,12-31,44-45,47-54H2,1-11H3,(H,79,89)(H,80,83)/t69-,72-,73+,74-,75-,102?/m1/s1. The van der Waals surface area contributed by atoms with Gasteiger partial charge in [0, 0.05) is 110 Å². The predicted octanol–water partition coefficient (Wildman–Crippen LogP) is 12.3. The molecular formula is C77H114N5O19P. The Morgan fingerprint density at radius 3 is 1.53 bits per heavy atom. The van der Waals surface area contributed by atoms with Gasteiger partial charge in [-0.05, 0) is 145 Å². The molecule has 0 aromatic heterocycles. The number of hydrogen-bond donors (Lipinski definition) is 2. The maximum Gasteiger partial charge on any atom is 0.303 e. The van der Waals surface area contributed by atoms with Gasteiger partial charge >= 0.3 is 17.9 Å². The van der Waals surface area contributed by atoms with Gasteiger partial charge in [-0.1, -0.05) is 68.5 Å². The summed E-state index contributed by atoms with van der Waals surface area (Å²) in [5, 5.41) is 15.1. The molecule has 0 radical (unpaired) electrons. The first-order valence-corrected chi connectivity index (χ1v) is 37.5. The molecule has 0 aliphatic carbocycles. The van der Waals surface area contributed by atoms with Crippen LogP contribution in [0.1, 0.15) is 213 Å². The van der Waals surface area contributed by atoms with E-state index < -0.39 is 74.0 Å². The van der Waals surface area contributed by atoms with E-state index in [0.717, 1.165) is 87.8 Å². The highest BCUT2D eigenvalue weighted by Gasteiger charge is 2.52. The summed E-state index contributed by atoms with van der Waals surface area (Å²) in [6, 6.07) is 25.1. The number of ketones is 2. The molecule has 25 heteroatoms. The summed E-state index contributed by atoms with van der Waals surface area (Å²) in [7, 11) is 3.35. The average Bonchev–Trinajstić information content (AvgIpc) is 0.747. The molecule has 2 saturated heterocycles. The second-order valence-corrected chi connectivity index (χ2v) is 28.4. The summed E-state index contributed by atoms with van der Waals surface area (Å²) >= 11 is 0. The number of hydrogen-bond acceptors (Lipinski definition) is 21. The first-order chi connectivity index (χ1) is 49.0. The van der Waals surface area contributed by atoms with Crippen molar-refractivity contribution in [1.29, 1.82) is 5.26 Å². The Balaban J connectivity index is 0.996. The molecule has 1 unspecified atom stereocenters. The van der Waals surface area contributed by atoms with E-state index in [1.54, 1.807) is 21.3 Å². The number of amides is 3. The minimum Gasteiger partial charge on any atom is -0.497 e. The zero-order valence-corrected chi connectivity index (χ0v) is 63.1. The number of piperidine rings is 1. The summed E-state index contributed by atoms with van der Waals surface area (Å²) in [5.41, 5.74) is 0.944. The van der Waals surface area contributed by atoms with Crippen LogP contribution in [0.3, 0.4) is 0 Å². The van der Waals surface area contributed by atoms with Crippen LogP contribution in [-0.2, 0) is 81.4 Å². The molecule has 5 rings (SSSR count). The highest BCUT2D eigenvalue weighted by molar-refractivity contribution is 7.44. The fourth-order valence-corrected chi connectivity index (χ4v) is 14.6. The third-order valence-electron chi connectivity index (χ3n) is 18.3. The number of methoxy groups -OCH3 is 3. The molecule has 0 bridgehead atoms. The van der Waals surface area contributed by atoms with Crippen molar-refractivity contribution in [3.8, 4) is 23.3 Å². The third-order valence-corrected chi connectivity index (χ3v) is 20.3. The van der Waals surface area contributed by atoms with E-state index >= 15 is 0 Å². The van der Waals surface area contributed by atoms with Crippen molar-refractivity contribution < 1.29 is 90.0 Å². The van der Waals surface area contributed by atoms with Gasteiger partial charge in [0.1, 0.15) is 53.2 Å². The number of rotatable bonds is 49. The lowest BCUT2D eigenvalue weighted by molar-refractivity contribution is -0.277. The van der Waals surface area contributed by atoms with Crippen molar-refractivity contribution in [2.45, 2.75) is 245 Å². The number of ether oxygens (including phenoxy) is 9. The molecule has 102 heavy (non-hydrogen) atoms. The van der Waals surface area contributed by atoms with Gasteiger partial charge in [0.2, 0.25) is 17.7 Å². The molecule has 2 heterocycles. The third kappa shape index (κ3) is 28.9. The minimum absolute atomic E-state index is 0.00870. The number of Topliss-reactive ketones (excluding diaryl/α,β-unsaturated/α-hetero) is 2. The molecule has 24 nitrogen and oxygen atoms in total. The molecule has 2 fully saturated rings. The minimum atomic E-state index is -1.58. The lowest BCUT2D eigenvalue weighted by Gasteiger charge is -2.46. The molecule has 3 aromatic rings. The fraction of sp³-hybridized carbons (Fsp3) is 0.649. The van der Waals surface area contributed by atoms with Crippen LogP contribution in [-0.4, -0.2) is 173 Å². The second kappa shape index (κ2) is 45.9. The van der Waals surface area contributed by atoms with Crippen LogP contribution in [0.2, 0.25) is 0 Å². The monoisotopic (exact) mass is 1440 g/mol. The first-order valence-electron chi connectivity index (χ1n) is 36.4. The maximum absolute atomic E-state index is 14.0. The SMILES string of the molecule is COc1ccc(C(OCC2(COP(OCCC#N)N(C(C)C)C(C)C)CCN(C(=O)CCCCCCC(=O)CCCCCNC(=O)CCCCCCC(=O)CCCCO[C@@H]3O[C@H](COC(C)=O)[C@H](OC(C)=O)[C@H](OC(C)=O)[C@H]3NC(C)=O)CC2)(c2ccc(OC)cc2)c2ccc(OC)cc2)cc1. The smallest absolute Gasteiger partial charge is 0.303 e. The Hall–Kier alpha value is -7.10. The second-order valence-electron chi connectivity index (χ2n) is 27.0. The molecule has 3 amide bonds. The molecule has 3 aromatic carbocycles. The molecule has 2 N–H and O–H groups in total. The summed E-state index contributed by atoms with van der Waals surface area (Å²) in [5.74, 6) is 0.0583. The van der Waals surface area contributed by atoms with Gasteiger partial charge in [-0.3, -0.25) is 38.4 Å². The summed E-state index contributed by atoms with van der Waals surface area (Å²) in [6.45, 7) is 15.4. The van der Waals surface area contributed by atoms with Gasteiger partial charge in [0.25, 0.3) is 8.53 Å². The van der Waals surface area contributed by atoms with Crippen molar-refractivity contribution in [2.75, 3.05) is 74.0 Å². The largest absolute Gasteiger partial charge is 0.497 e. The number of unbranched alkanes of at least 4 members (excludes halogenated alkanes) is 9. The van der Waals surface area contributed by atoms with Crippen LogP contribution in [0.25, 0.3) is 0 Å². The van der Waals surface area contributed by atoms with Gasteiger partial charge in [0.15, 0.2) is 18.5 Å². The van der Waals surface area contributed by atoms with Gasteiger partial charge in [0.05, 0.1) is 53.6 Å². The number of nitriles is 1. The van der Waals surface area contributed by atoms with Crippen molar-refractivity contribution >= 4 is 55.7 Å². The maximum atomic E-state index is 14.0. The Bertz CT molecular complexity index is 2960. The van der Waals surface area contributed by atoms with E-state index in [9.17, 15) is 43.6 Å². The number of nitrogens with zero attached hydrogens (tertiary/aromatic N) is 3. The van der Waals surface area contributed by atoms with Gasteiger partial charge in [-0.25, -0.2) is 4.67 Å². The highest BCUT2D eigenvalue weighted by atomic mass is 31.2. The van der Waals surface area contributed by atoms with E-state index in [1.807, 2.05) is 77.7 Å². The van der Waals surface area contributed by atoms with Crippen LogP contribution in [0, 0.1) is 16.7 Å². The first kappa shape index (κ1) is 85.5. The number of nitrogens with one attached hydrogen (secondary N) is 2. The summed E-state index contributed by atoms with van der Waals surface area (Å²) in [6.07, 6.45) is 9.05. The zero-order chi connectivity index (χ0) is 74.5. The summed E-state index contributed by atoms with van der Waals surface area (Å²) < 4.78 is 68.1. The van der Waals surface area contributed by atoms with Crippen molar-refractivity contribution in [1.82, 2.24) is 20.2 Å².